The molecule has 3 unspecified atom stereocenters. The molecule has 9 heteroatoms. The number of likely N-dealkylation sites (N-methyl/N-ethyl adjacent to an activating group) is 1. The van der Waals surface area contributed by atoms with Gasteiger partial charge in [-0.05, 0) is 51.4 Å². The monoisotopic (exact) mass is 993 g/mol. The van der Waals surface area contributed by atoms with Gasteiger partial charge in [0.2, 0.25) is 5.91 Å². The lowest BCUT2D eigenvalue weighted by molar-refractivity contribution is -0.870. The highest BCUT2D eigenvalue weighted by Gasteiger charge is 2.23. The van der Waals surface area contributed by atoms with Gasteiger partial charge in [-0.3, -0.25) is 9.36 Å². The third-order valence-electron chi connectivity index (χ3n) is 13.6. The molecule has 0 aliphatic carbocycles. The van der Waals surface area contributed by atoms with Crippen molar-refractivity contribution in [3.8, 4) is 0 Å². The Morgan fingerprint density at radius 1 is 0.507 bits per heavy atom. The Labute approximate surface area is 429 Å². The third-order valence-corrected chi connectivity index (χ3v) is 14.6. The molecule has 0 heterocycles. The van der Waals surface area contributed by atoms with Crippen LogP contribution >= 0.6 is 7.82 Å². The summed E-state index contributed by atoms with van der Waals surface area (Å²) in [7, 11) is 1.27. The molecule has 0 saturated heterocycles. The molecule has 0 aromatic rings. The Bertz CT molecular complexity index is 1220. The molecule has 0 aromatic carbocycles. The number of quaternary nitrogens is 1. The molecule has 1 amide bonds. The van der Waals surface area contributed by atoms with E-state index in [0.29, 0.717) is 17.4 Å². The Balaban J connectivity index is 4.19. The van der Waals surface area contributed by atoms with Gasteiger partial charge in [-0.2, -0.15) is 0 Å². The van der Waals surface area contributed by atoms with E-state index in [9.17, 15) is 19.4 Å². The zero-order valence-electron chi connectivity index (χ0n) is 46.5. The summed E-state index contributed by atoms with van der Waals surface area (Å²) in [5.41, 5.74) is 0. The number of carbonyl (C=O) groups is 1. The molecule has 0 rings (SSSR count). The number of amides is 1. The van der Waals surface area contributed by atoms with Gasteiger partial charge in [-0.1, -0.05) is 269 Å². The molecule has 0 aromatic heterocycles. The summed E-state index contributed by atoms with van der Waals surface area (Å²) in [5.74, 6) is -0.196. The third kappa shape index (κ3) is 54.3. The first-order valence-electron chi connectivity index (χ1n) is 29.9. The number of unbranched alkanes of at least 4 members (excludes halogenated alkanes) is 38. The van der Waals surface area contributed by atoms with E-state index < -0.39 is 20.0 Å². The quantitative estimate of drug-likeness (QED) is 0.0272. The highest BCUT2D eigenvalue weighted by atomic mass is 31.2. The van der Waals surface area contributed by atoms with Crippen LogP contribution in [0.1, 0.15) is 290 Å². The highest BCUT2D eigenvalue weighted by Crippen LogP contribution is 2.38. The van der Waals surface area contributed by atoms with Crippen molar-refractivity contribution in [2.24, 2.45) is 0 Å². The second-order valence-corrected chi connectivity index (χ2v) is 23.1. The smallest absolute Gasteiger partial charge is 0.268 e. The molecule has 0 bridgehead atoms. The molecule has 408 valence electrons. The summed E-state index contributed by atoms with van der Waals surface area (Å²) >= 11 is 0. The van der Waals surface area contributed by atoms with Crippen molar-refractivity contribution in [2.45, 2.75) is 302 Å². The normalized spacial score (nSPS) is 14.1. The van der Waals surface area contributed by atoms with E-state index in [1.165, 1.54) is 225 Å². The maximum absolute atomic E-state index is 13.0. The number of aliphatic hydroxyl groups is 1. The topological polar surface area (TPSA) is 108 Å². The molecule has 69 heavy (non-hydrogen) atoms. The molecule has 0 spiro atoms. The van der Waals surface area contributed by atoms with Gasteiger partial charge in [0.15, 0.2) is 0 Å². The van der Waals surface area contributed by atoms with Crippen LogP contribution in [0.25, 0.3) is 0 Å². The summed E-state index contributed by atoms with van der Waals surface area (Å²) in [4.78, 5) is 25.5. The van der Waals surface area contributed by atoms with E-state index in [-0.39, 0.29) is 19.1 Å². The van der Waals surface area contributed by atoms with E-state index in [2.05, 4.69) is 43.5 Å². The van der Waals surface area contributed by atoms with Crippen LogP contribution in [0, 0.1) is 0 Å². The first-order valence-corrected chi connectivity index (χ1v) is 31.3. The van der Waals surface area contributed by atoms with Gasteiger partial charge in [-0.15, -0.1) is 0 Å². The van der Waals surface area contributed by atoms with Crippen LogP contribution < -0.4 is 10.2 Å². The Morgan fingerprint density at radius 3 is 1.20 bits per heavy atom. The number of carbonyl (C=O) groups excluding carboxylic acids is 1. The van der Waals surface area contributed by atoms with Crippen molar-refractivity contribution >= 4 is 13.7 Å². The first-order chi connectivity index (χ1) is 33.5. The van der Waals surface area contributed by atoms with E-state index >= 15 is 0 Å². The molecule has 3 atom stereocenters. The van der Waals surface area contributed by atoms with E-state index in [1.54, 1.807) is 6.08 Å². The number of hydrogen-bond donors (Lipinski definition) is 2. The van der Waals surface area contributed by atoms with Gasteiger partial charge < -0.3 is 28.8 Å². The average molecular weight is 994 g/mol. The fourth-order valence-electron chi connectivity index (χ4n) is 8.89. The van der Waals surface area contributed by atoms with Crippen molar-refractivity contribution < 1.29 is 32.9 Å². The molecular weight excluding hydrogens is 876 g/mol. The summed E-state index contributed by atoms with van der Waals surface area (Å²) in [5, 5.41) is 13.9. The molecular formula is C60H117N2O6P. The average Bonchev–Trinajstić information content (AvgIpc) is 3.31. The van der Waals surface area contributed by atoms with E-state index in [0.717, 1.165) is 44.9 Å². The van der Waals surface area contributed by atoms with Crippen molar-refractivity contribution in [3.63, 3.8) is 0 Å². The molecule has 2 N–H and O–H groups in total. The Hall–Kier alpha value is -1.28. The maximum atomic E-state index is 13.0. The van der Waals surface area contributed by atoms with Crippen LogP contribution in [0.4, 0.5) is 0 Å². The zero-order valence-corrected chi connectivity index (χ0v) is 47.4. The first kappa shape index (κ1) is 67.7. The lowest BCUT2D eigenvalue weighted by Gasteiger charge is -2.29. The summed E-state index contributed by atoms with van der Waals surface area (Å²) in [6.07, 6.45) is 66.5. The Kier molecular flexibility index (Phi) is 50.7. The maximum Gasteiger partial charge on any atom is 0.268 e. The number of aliphatic hydroxyl groups excluding tert-OH is 1. The second-order valence-electron chi connectivity index (χ2n) is 21.7. The van der Waals surface area contributed by atoms with Crippen molar-refractivity contribution in [3.05, 3.63) is 36.5 Å². The van der Waals surface area contributed by atoms with Gasteiger partial charge in [0.1, 0.15) is 13.2 Å². The minimum absolute atomic E-state index is 0.000706. The van der Waals surface area contributed by atoms with Crippen molar-refractivity contribution in [1.29, 1.82) is 0 Å². The molecule has 0 radical (unpaired) electrons. The predicted molar refractivity (Wildman–Crippen MR) is 298 cm³/mol. The number of phosphoric ester groups is 1. The lowest BCUT2D eigenvalue weighted by atomic mass is 10.0. The number of rotatable bonds is 55. The minimum Gasteiger partial charge on any atom is -0.756 e. The highest BCUT2D eigenvalue weighted by molar-refractivity contribution is 7.45. The van der Waals surface area contributed by atoms with Crippen molar-refractivity contribution in [1.82, 2.24) is 5.32 Å². The molecule has 0 fully saturated rings. The molecule has 0 saturated carbocycles. The minimum atomic E-state index is -4.60. The molecule has 0 aliphatic rings. The number of nitrogens with zero attached hydrogens (tertiary/aromatic N) is 1. The molecule has 8 nitrogen and oxygen atoms in total. The number of allylic oxidation sites excluding steroid dienone is 5. The van der Waals surface area contributed by atoms with Gasteiger partial charge in [0, 0.05) is 6.42 Å². The number of hydrogen-bond acceptors (Lipinski definition) is 6. The molecule has 0 aliphatic heterocycles. The Morgan fingerprint density at radius 2 is 0.841 bits per heavy atom. The van der Waals surface area contributed by atoms with Crippen LogP contribution in [0.3, 0.4) is 0 Å². The number of nitrogens with one attached hydrogen (secondary N) is 1. The summed E-state index contributed by atoms with van der Waals surface area (Å²) in [6, 6.07) is -0.888. The largest absolute Gasteiger partial charge is 0.756 e. The lowest BCUT2D eigenvalue weighted by Crippen LogP contribution is -2.45. The standard InChI is InChI=1S/C60H117N2O6P/c1-6-8-10-12-14-16-18-20-22-24-26-28-30-32-33-35-37-39-41-43-45-47-49-51-53-59(63)58(57-68-69(65,66)67-56-55-62(3,4)5)61-60(64)54-52-50-48-46-44-42-40-38-36-34-31-29-27-25-23-21-19-17-15-13-11-9-7-2/h19,21,25,27,51,53,58-59,63H,6-18,20,22-24,26,28-50,52,54-57H2,1-5H3,(H-,61,64,65,66)/b21-19-,27-25-,53-51+. The predicted octanol–water partition coefficient (Wildman–Crippen LogP) is 17.5. The van der Waals surface area contributed by atoms with Crippen LogP contribution in [0.15, 0.2) is 36.5 Å². The van der Waals surface area contributed by atoms with E-state index in [1.807, 2.05) is 27.2 Å². The van der Waals surface area contributed by atoms with Gasteiger partial charge >= 0.3 is 0 Å². The SMILES string of the molecule is CCCCCCC/C=C\C/C=C\CCCCCCCCCCCCCC(=O)NC(COP(=O)([O-])OCC[N+](C)(C)C)C(O)/C=C/CCCCCCCCCCCCCCCCCCCCCCCC. The van der Waals surface area contributed by atoms with Crippen molar-refractivity contribution in [2.75, 3.05) is 40.9 Å². The second kappa shape index (κ2) is 51.6. The van der Waals surface area contributed by atoms with Crippen LogP contribution in [0.5, 0.6) is 0 Å². The summed E-state index contributed by atoms with van der Waals surface area (Å²) in [6.45, 7) is 4.68. The summed E-state index contributed by atoms with van der Waals surface area (Å²) < 4.78 is 23.4. The number of phosphoric acid groups is 1. The van der Waals surface area contributed by atoms with Gasteiger partial charge in [0.05, 0.1) is 39.9 Å². The van der Waals surface area contributed by atoms with Crippen LogP contribution in [-0.2, 0) is 18.4 Å². The van der Waals surface area contributed by atoms with Crippen LogP contribution in [0.2, 0.25) is 0 Å². The van der Waals surface area contributed by atoms with Gasteiger partial charge in [0.25, 0.3) is 7.82 Å². The fourth-order valence-corrected chi connectivity index (χ4v) is 9.61. The zero-order chi connectivity index (χ0) is 50.6. The van der Waals surface area contributed by atoms with Crippen LogP contribution in [-0.4, -0.2) is 68.5 Å². The fraction of sp³-hybridized carbons (Fsp3) is 0.883. The van der Waals surface area contributed by atoms with Gasteiger partial charge in [-0.25, -0.2) is 0 Å². The van der Waals surface area contributed by atoms with E-state index in [4.69, 9.17) is 9.05 Å².